The number of nitrogens with zero attached hydrogens (tertiary/aromatic N) is 2. The summed E-state index contributed by atoms with van der Waals surface area (Å²) in [6.45, 7) is 3.21. The Morgan fingerprint density at radius 3 is 2.70 bits per heavy atom. The van der Waals surface area contributed by atoms with Gasteiger partial charge in [-0.3, -0.25) is 9.48 Å². The summed E-state index contributed by atoms with van der Waals surface area (Å²) in [5.74, 6) is 0.685. The first-order valence-electron chi connectivity index (χ1n) is 7.53. The predicted octanol–water partition coefficient (Wildman–Crippen LogP) is 2.39. The van der Waals surface area contributed by atoms with Gasteiger partial charge < -0.3 is 10.5 Å². The lowest BCUT2D eigenvalue weighted by Gasteiger charge is -2.34. The summed E-state index contributed by atoms with van der Waals surface area (Å²) in [6.07, 6.45) is 7.67. The fraction of sp³-hybridized carbons (Fsp3) is 0.733. The molecule has 1 saturated carbocycles. The first-order chi connectivity index (χ1) is 9.68. The highest BCUT2D eigenvalue weighted by Crippen LogP contribution is 2.40. The Morgan fingerprint density at radius 1 is 1.45 bits per heavy atom. The summed E-state index contributed by atoms with van der Waals surface area (Å²) in [4.78, 5) is 13.1. The quantitative estimate of drug-likeness (QED) is 0.812. The largest absolute Gasteiger partial charge is 0.493 e. The molecule has 1 aliphatic carbocycles. The zero-order valence-corrected chi connectivity index (χ0v) is 12.5. The second-order valence-electron chi connectivity index (χ2n) is 5.66. The Morgan fingerprint density at radius 2 is 2.15 bits per heavy atom. The van der Waals surface area contributed by atoms with Gasteiger partial charge in [-0.25, -0.2) is 0 Å². The number of nitrogens with two attached hydrogens (primary N) is 1. The summed E-state index contributed by atoms with van der Waals surface area (Å²) in [5.41, 5.74) is 6.15. The number of methoxy groups -OCH3 is 1. The monoisotopic (exact) mass is 279 g/mol. The number of aromatic nitrogens is 2. The second-order valence-corrected chi connectivity index (χ2v) is 5.66. The van der Waals surface area contributed by atoms with Gasteiger partial charge in [0.2, 0.25) is 0 Å². The zero-order chi connectivity index (χ0) is 14.6. The average molecular weight is 279 g/mol. The third-order valence-corrected chi connectivity index (χ3v) is 4.36. The molecular weight excluding hydrogens is 254 g/mol. The zero-order valence-electron chi connectivity index (χ0n) is 12.5. The van der Waals surface area contributed by atoms with Crippen LogP contribution in [0.4, 0.5) is 0 Å². The van der Waals surface area contributed by atoms with Gasteiger partial charge in [-0.1, -0.05) is 26.2 Å². The van der Waals surface area contributed by atoms with Crippen LogP contribution in [0.15, 0.2) is 6.20 Å². The number of carbonyl (C=O) groups is 1. The number of hydrogen-bond donors (Lipinski definition) is 1. The molecule has 0 aliphatic heterocycles. The van der Waals surface area contributed by atoms with Crippen molar-refractivity contribution in [2.45, 2.75) is 52.0 Å². The van der Waals surface area contributed by atoms with Gasteiger partial charge in [0.1, 0.15) is 5.69 Å². The molecule has 20 heavy (non-hydrogen) atoms. The van der Waals surface area contributed by atoms with E-state index in [0.717, 1.165) is 38.6 Å². The van der Waals surface area contributed by atoms with Crippen LogP contribution in [-0.4, -0.2) is 29.2 Å². The SMILES string of the molecule is CCCn1ncc(OC)c1C(=O)C1(CN)CCCCC1. The van der Waals surface area contributed by atoms with Crippen LogP contribution in [0.2, 0.25) is 0 Å². The topological polar surface area (TPSA) is 70.1 Å². The second kappa shape index (κ2) is 6.39. The summed E-state index contributed by atoms with van der Waals surface area (Å²) < 4.78 is 7.10. The van der Waals surface area contributed by atoms with Gasteiger partial charge in [-0.05, 0) is 19.3 Å². The van der Waals surface area contributed by atoms with E-state index in [1.54, 1.807) is 18.0 Å². The number of rotatable bonds is 6. The Bertz CT molecular complexity index is 462. The molecule has 2 rings (SSSR count). The molecule has 1 aromatic heterocycles. The number of ketones is 1. The standard InChI is InChI=1S/C15H25N3O2/c1-3-9-18-13(12(20-2)10-17-18)14(19)15(11-16)7-5-4-6-8-15/h10H,3-9,11,16H2,1-2H3. The Labute approximate surface area is 120 Å². The van der Waals surface area contributed by atoms with Crippen LogP contribution in [0.25, 0.3) is 0 Å². The Kier molecular flexibility index (Phi) is 4.81. The van der Waals surface area contributed by atoms with Crippen molar-refractivity contribution in [3.63, 3.8) is 0 Å². The highest BCUT2D eigenvalue weighted by Gasteiger charge is 2.41. The molecule has 5 nitrogen and oxygen atoms in total. The van der Waals surface area contributed by atoms with E-state index in [1.807, 2.05) is 0 Å². The van der Waals surface area contributed by atoms with E-state index >= 15 is 0 Å². The molecule has 1 aromatic rings. The molecule has 0 aromatic carbocycles. The van der Waals surface area contributed by atoms with Crippen molar-refractivity contribution in [2.24, 2.45) is 11.1 Å². The number of aryl methyl sites for hydroxylation is 1. The molecule has 0 radical (unpaired) electrons. The molecule has 1 heterocycles. The minimum atomic E-state index is -0.420. The lowest BCUT2D eigenvalue weighted by Crippen LogP contribution is -2.41. The van der Waals surface area contributed by atoms with Gasteiger partial charge in [-0.15, -0.1) is 0 Å². The van der Waals surface area contributed by atoms with Crippen LogP contribution in [0, 0.1) is 5.41 Å². The first-order valence-corrected chi connectivity index (χ1v) is 7.53. The van der Waals surface area contributed by atoms with Gasteiger partial charge in [0.05, 0.1) is 13.3 Å². The van der Waals surface area contributed by atoms with E-state index in [1.165, 1.54) is 6.42 Å². The minimum Gasteiger partial charge on any atom is -0.493 e. The number of Topliss-reactive ketones (excluding diaryl/α,β-unsaturated/α-hetero) is 1. The van der Waals surface area contributed by atoms with Crippen LogP contribution in [-0.2, 0) is 6.54 Å². The molecule has 0 spiro atoms. The van der Waals surface area contributed by atoms with Crippen LogP contribution in [0.1, 0.15) is 55.9 Å². The van der Waals surface area contributed by atoms with E-state index in [0.29, 0.717) is 18.0 Å². The molecule has 0 atom stereocenters. The van der Waals surface area contributed by atoms with Gasteiger partial charge in [0.25, 0.3) is 0 Å². The van der Waals surface area contributed by atoms with Crippen molar-refractivity contribution in [1.29, 1.82) is 0 Å². The number of carbonyl (C=O) groups excluding carboxylic acids is 1. The Balaban J connectivity index is 2.37. The average Bonchev–Trinajstić information content (AvgIpc) is 2.90. The molecule has 0 amide bonds. The van der Waals surface area contributed by atoms with Crippen LogP contribution >= 0.6 is 0 Å². The van der Waals surface area contributed by atoms with E-state index < -0.39 is 5.41 Å². The lowest BCUT2D eigenvalue weighted by atomic mass is 9.70. The smallest absolute Gasteiger partial charge is 0.192 e. The summed E-state index contributed by atoms with van der Waals surface area (Å²) >= 11 is 0. The molecular formula is C15H25N3O2. The molecule has 2 N–H and O–H groups in total. The highest BCUT2D eigenvalue weighted by atomic mass is 16.5. The number of ether oxygens (including phenoxy) is 1. The summed E-state index contributed by atoms with van der Waals surface area (Å²) in [6, 6.07) is 0. The van der Waals surface area contributed by atoms with Crippen molar-refractivity contribution < 1.29 is 9.53 Å². The fourth-order valence-corrected chi connectivity index (χ4v) is 3.13. The normalized spacial score (nSPS) is 17.9. The predicted molar refractivity (Wildman–Crippen MR) is 78.0 cm³/mol. The summed E-state index contributed by atoms with van der Waals surface area (Å²) in [5, 5.41) is 4.29. The third-order valence-electron chi connectivity index (χ3n) is 4.36. The molecule has 0 saturated heterocycles. The van der Waals surface area contributed by atoms with E-state index in [4.69, 9.17) is 10.5 Å². The molecule has 1 fully saturated rings. The summed E-state index contributed by atoms with van der Waals surface area (Å²) in [7, 11) is 1.58. The maximum Gasteiger partial charge on any atom is 0.192 e. The van der Waals surface area contributed by atoms with E-state index in [9.17, 15) is 4.79 Å². The van der Waals surface area contributed by atoms with Crippen molar-refractivity contribution in [2.75, 3.05) is 13.7 Å². The molecule has 0 bridgehead atoms. The van der Waals surface area contributed by atoms with Crippen LogP contribution < -0.4 is 10.5 Å². The maximum atomic E-state index is 13.1. The number of hydrogen-bond acceptors (Lipinski definition) is 4. The van der Waals surface area contributed by atoms with Crippen LogP contribution in [0.3, 0.4) is 0 Å². The maximum absolute atomic E-state index is 13.1. The van der Waals surface area contributed by atoms with Gasteiger partial charge in [0, 0.05) is 18.5 Å². The third kappa shape index (κ3) is 2.59. The van der Waals surface area contributed by atoms with Crippen molar-refractivity contribution in [3.05, 3.63) is 11.9 Å². The first kappa shape index (κ1) is 15.0. The lowest BCUT2D eigenvalue weighted by molar-refractivity contribution is 0.0713. The van der Waals surface area contributed by atoms with Crippen molar-refractivity contribution >= 4 is 5.78 Å². The van der Waals surface area contributed by atoms with E-state index in [-0.39, 0.29) is 5.78 Å². The van der Waals surface area contributed by atoms with Crippen molar-refractivity contribution in [3.8, 4) is 5.75 Å². The Hall–Kier alpha value is -1.36. The van der Waals surface area contributed by atoms with Crippen molar-refractivity contribution in [1.82, 2.24) is 9.78 Å². The van der Waals surface area contributed by atoms with Crippen LogP contribution in [0.5, 0.6) is 5.75 Å². The molecule has 112 valence electrons. The minimum absolute atomic E-state index is 0.113. The van der Waals surface area contributed by atoms with Gasteiger partial charge >= 0.3 is 0 Å². The molecule has 0 unspecified atom stereocenters. The highest BCUT2D eigenvalue weighted by molar-refractivity contribution is 6.01. The fourth-order valence-electron chi connectivity index (χ4n) is 3.13. The van der Waals surface area contributed by atoms with E-state index in [2.05, 4.69) is 12.0 Å². The van der Waals surface area contributed by atoms with Gasteiger partial charge in [0.15, 0.2) is 11.5 Å². The molecule has 5 heteroatoms. The molecule has 1 aliphatic rings. The van der Waals surface area contributed by atoms with Gasteiger partial charge in [-0.2, -0.15) is 5.10 Å².